The molecule has 2 rings (SSSR count). The van der Waals surface area contributed by atoms with Crippen LogP contribution in [0.2, 0.25) is 0 Å². The molecular formula is C14H18N2O3S. The molecule has 0 aliphatic heterocycles. The molecule has 20 heavy (non-hydrogen) atoms. The molecule has 1 aliphatic carbocycles. The van der Waals surface area contributed by atoms with Crippen molar-refractivity contribution in [2.45, 2.75) is 24.2 Å². The van der Waals surface area contributed by atoms with Gasteiger partial charge in [0.2, 0.25) is 10.0 Å². The molecule has 6 heteroatoms. The maximum Gasteiger partial charge on any atom is 0.240 e. The second kappa shape index (κ2) is 5.92. The quantitative estimate of drug-likeness (QED) is 0.865. The Hall–Kier alpha value is -1.42. The van der Waals surface area contributed by atoms with Gasteiger partial charge in [-0.25, -0.2) is 13.1 Å². The Morgan fingerprint density at radius 1 is 1.45 bits per heavy atom. The summed E-state index contributed by atoms with van der Waals surface area (Å²) in [5.41, 5.74) is 0.261. The van der Waals surface area contributed by atoms with Crippen LogP contribution in [0.15, 0.2) is 29.2 Å². The van der Waals surface area contributed by atoms with Crippen molar-refractivity contribution < 1.29 is 13.2 Å². The van der Waals surface area contributed by atoms with E-state index in [9.17, 15) is 8.42 Å². The number of rotatable bonds is 6. The van der Waals surface area contributed by atoms with Crippen LogP contribution < -0.4 is 4.72 Å². The first kappa shape index (κ1) is 15.0. The summed E-state index contributed by atoms with van der Waals surface area (Å²) in [6, 6.07) is 7.97. The van der Waals surface area contributed by atoms with Gasteiger partial charge in [0.25, 0.3) is 0 Å². The molecule has 1 saturated carbocycles. The zero-order valence-electron chi connectivity index (χ0n) is 11.4. The van der Waals surface area contributed by atoms with Crippen molar-refractivity contribution in [3.05, 3.63) is 29.8 Å². The maximum atomic E-state index is 12.2. The van der Waals surface area contributed by atoms with Gasteiger partial charge >= 0.3 is 0 Å². The van der Waals surface area contributed by atoms with E-state index in [1.54, 1.807) is 19.2 Å². The molecule has 1 aliphatic rings. The van der Waals surface area contributed by atoms with Crippen LogP contribution in [0.5, 0.6) is 0 Å². The van der Waals surface area contributed by atoms with Gasteiger partial charge in [-0.15, -0.1) is 0 Å². The fourth-order valence-electron chi connectivity index (χ4n) is 2.42. The summed E-state index contributed by atoms with van der Waals surface area (Å²) in [5.74, 6) is 0. The standard InChI is InChI=1S/C14H18N2O3S/c1-19-11-14(6-3-7-14)10-16-20(17,18)13-5-2-4-12(8-13)9-15/h2,4-5,8,16H,3,6-7,10-11H2,1H3. The highest BCUT2D eigenvalue weighted by Gasteiger charge is 2.38. The molecular weight excluding hydrogens is 276 g/mol. The molecule has 1 fully saturated rings. The Labute approximate surface area is 119 Å². The first-order chi connectivity index (χ1) is 9.51. The summed E-state index contributed by atoms with van der Waals surface area (Å²) in [6.07, 6.45) is 3.05. The van der Waals surface area contributed by atoms with E-state index in [1.165, 1.54) is 12.1 Å². The highest BCUT2D eigenvalue weighted by atomic mass is 32.2. The molecule has 0 amide bonds. The SMILES string of the molecule is COCC1(CNS(=O)(=O)c2cccc(C#N)c2)CCC1. The van der Waals surface area contributed by atoms with E-state index >= 15 is 0 Å². The molecule has 0 atom stereocenters. The number of hydrogen-bond donors (Lipinski definition) is 1. The Balaban J connectivity index is 2.09. The number of benzene rings is 1. The minimum atomic E-state index is -3.58. The van der Waals surface area contributed by atoms with Crippen molar-refractivity contribution in [1.82, 2.24) is 4.72 Å². The lowest BCUT2D eigenvalue weighted by Gasteiger charge is -2.41. The summed E-state index contributed by atoms with van der Waals surface area (Å²) in [7, 11) is -1.95. The van der Waals surface area contributed by atoms with Gasteiger partial charge in [-0.3, -0.25) is 0 Å². The summed E-state index contributed by atoms with van der Waals surface area (Å²) in [5, 5.41) is 8.82. The third kappa shape index (κ3) is 3.18. The zero-order valence-corrected chi connectivity index (χ0v) is 12.2. The van der Waals surface area contributed by atoms with Crippen LogP contribution in [0.1, 0.15) is 24.8 Å². The van der Waals surface area contributed by atoms with E-state index in [-0.39, 0.29) is 10.3 Å². The van der Waals surface area contributed by atoms with Crippen molar-refractivity contribution >= 4 is 10.0 Å². The smallest absolute Gasteiger partial charge is 0.240 e. The monoisotopic (exact) mass is 294 g/mol. The molecule has 1 N–H and O–H groups in total. The molecule has 0 saturated heterocycles. The van der Waals surface area contributed by atoms with Crippen LogP contribution in [0, 0.1) is 16.7 Å². The van der Waals surface area contributed by atoms with Gasteiger partial charge in [-0.05, 0) is 31.0 Å². The summed E-state index contributed by atoms with van der Waals surface area (Å²) < 4.78 is 32.3. The van der Waals surface area contributed by atoms with Crippen molar-refractivity contribution in [3.63, 3.8) is 0 Å². The van der Waals surface area contributed by atoms with E-state index in [0.29, 0.717) is 18.7 Å². The van der Waals surface area contributed by atoms with Crippen LogP contribution in [-0.4, -0.2) is 28.7 Å². The van der Waals surface area contributed by atoms with Gasteiger partial charge in [-0.2, -0.15) is 5.26 Å². The molecule has 0 aromatic heterocycles. The average molecular weight is 294 g/mol. The highest BCUT2D eigenvalue weighted by molar-refractivity contribution is 7.89. The molecule has 1 aromatic carbocycles. The number of ether oxygens (including phenoxy) is 1. The highest BCUT2D eigenvalue weighted by Crippen LogP contribution is 2.40. The van der Waals surface area contributed by atoms with Crippen LogP contribution in [0.3, 0.4) is 0 Å². The molecule has 0 radical (unpaired) electrons. The van der Waals surface area contributed by atoms with Gasteiger partial charge in [-0.1, -0.05) is 12.5 Å². The Kier molecular flexibility index (Phi) is 4.43. The zero-order chi connectivity index (χ0) is 14.6. The van der Waals surface area contributed by atoms with Crippen LogP contribution in [0.4, 0.5) is 0 Å². The lowest BCUT2D eigenvalue weighted by molar-refractivity contribution is 0.0220. The first-order valence-corrected chi connectivity index (χ1v) is 7.98. The lowest BCUT2D eigenvalue weighted by atomic mass is 9.69. The number of nitrogens with zero attached hydrogens (tertiary/aromatic N) is 1. The van der Waals surface area contributed by atoms with Gasteiger partial charge < -0.3 is 4.74 Å². The predicted molar refractivity (Wildman–Crippen MR) is 74.5 cm³/mol. The number of nitrogens with one attached hydrogen (secondary N) is 1. The summed E-state index contributed by atoms with van der Waals surface area (Å²) in [4.78, 5) is 0.128. The number of nitriles is 1. The normalized spacial score (nSPS) is 17.2. The van der Waals surface area contributed by atoms with Gasteiger partial charge in [0.05, 0.1) is 23.1 Å². The first-order valence-electron chi connectivity index (χ1n) is 6.50. The predicted octanol–water partition coefficient (Wildman–Crippen LogP) is 1.65. The van der Waals surface area contributed by atoms with Gasteiger partial charge in [0, 0.05) is 19.1 Å². The van der Waals surface area contributed by atoms with Crippen molar-refractivity contribution in [1.29, 1.82) is 5.26 Å². The third-order valence-corrected chi connectivity index (χ3v) is 5.17. The average Bonchev–Trinajstić information content (AvgIpc) is 2.41. The topological polar surface area (TPSA) is 79.2 Å². The molecule has 5 nitrogen and oxygen atoms in total. The second-order valence-corrected chi connectivity index (χ2v) is 7.02. The largest absolute Gasteiger partial charge is 0.384 e. The second-order valence-electron chi connectivity index (χ2n) is 5.25. The lowest BCUT2D eigenvalue weighted by Crippen LogP contribution is -2.45. The van der Waals surface area contributed by atoms with Crippen molar-refractivity contribution in [2.24, 2.45) is 5.41 Å². The maximum absolute atomic E-state index is 12.2. The van der Waals surface area contributed by atoms with Crippen LogP contribution >= 0.6 is 0 Å². The van der Waals surface area contributed by atoms with Crippen LogP contribution in [0.25, 0.3) is 0 Å². The molecule has 0 unspecified atom stereocenters. The number of sulfonamides is 1. The summed E-state index contributed by atoms with van der Waals surface area (Å²) in [6.45, 7) is 0.938. The number of hydrogen-bond acceptors (Lipinski definition) is 4. The van der Waals surface area contributed by atoms with E-state index in [0.717, 1.165) is 19.3 Å². The minimum Gasteiger partial charge on any atom is -0.384 e. The fourth-order valence-corrected chi connectivity index (χ4v) is 3.62. The van der Waals surface area contributed by atoms with Gasteiger partial charge in [0.15, 0.2) is 0 Å². The third-order valence-electron chi connectivity index (χ3n) is 3.78. The van der Waals surface area contributed by atoms with E-state index < -0.39 is 10.0 Å². The summed E-state index contributed by atoms with van der Waals surface area (Å²) >= 11 is 0. The molecule has 1 aromatic rings. The van der Waals surface area contributed by atoms with Crippen molar-refractivity contribution in [2.75, 3.05) is 20.3 Å². The van der Waals surface area contributed by atoms with E-state index in [1.807, 2.05) is 6.07 Å². The molecule has 108 valence electrons. The molecule has 0 spiro atoms. The molecule has 0 bridgehead atoms. The van der Waals surface area contributed by atoms with E-state index in [4.69, 9.17) is 10.00 Å². The Bertz CT molecular complexity index is 616. The Morgan fingerprint density at radius 2 is 2.20 bits per heavy atom. The van der Waals surface area contributed by atoms with Crippen molar-refractivity contribution in [3.8, 4) is 6.07 Å². The van der Waals surface area contributed by atoms with Crippen LogP contribution in [-0.2, 0) is 14.8 Å². The molecule has 0 heterocycles. The van der Waals surface area contributed by atoms with Gasteiger partial charge in [0.1, 0.15) is 0 Å². The number of methoxy groups -OCH3 is 1. The van der Waals surface area contributed by atoms with E-state index in [2.05, 4.69) is 4.72 Å². The fraction of sp³-hybridized carbons (Fsp3) is 0.500. The minimum absolute atomic E-state index is 0.0747. The Morgan fingerprint density at radius 3 is 2.75 bits per heavy atom.